The van der Waals surface area contributed by atoms with Gasteiger partial charge in [0, 0.05) is 31.6 Å². The Morgan fingerprint density at radius 1 is 1.17 bits per heavy atom. The summed E-state index contributed by atoms with van der Waals surface area (Å²) in [5, 5.41) is 3.41. The topological polar surface area (TPSA) is 72.8 Å². The first-order valence-electron chi connectivity index (χ1n) is 11.8. The summed E-state index contributed by atoms with van der Waals surface area (Å²) in [5.74, 6) is 0.804. The number of carbonyl (C=O) groups is 2. The van der Waals surface area contributed by atoms with Crippen molar-refractivity contribution >= 4 is 28.6 Å². The van der Waals surface area contributed by atoms with Crippen molar-refractivity contribution in [2.75, 3.05) is 31.6 Å². The van der Waals surface area contributed by atoms with Crippen molar-refractivity contribution in [1.29, 1.82) is 0 Å². The van der Waals surface area contributed by atoms with Gasteiger partial charge in [-0.15, -0.1) is 0 Å². The molecule has 2 aliphatic rings. The largest absolute Gasteiger partial charge is 0.494 e. The number of hydrogen-bond donors (Lipinski definition) is 1. The van der Waals surface area contributed by atoms with Crippen molar-refractivity contribution in [3.63, 3.8) is 0 Å². The Bertz CT molecular complexity index is 1110. The molecular weight excluding hydrogens is 463 g/mol. The van der Waals surface area contributed by atoms with Gasteiger partial charge in [0.15, 0.2) is 0 Å². The zero-order valence-electron chi connectivity index (χ0n) is 20.5. The lowest BCUT2D eigenvalue weighted by Crippen LogP contribution is -2.63. The van der Waals surface area contributed by atoms with Gasteiger partial charge >= 0.3 is 12.3 Å². The smallest absolute Gasteiger partial charge is 0.419 e. The predicted octanol–water partition coefficient (Wildman–Crippen LogP) is 5.43. The van der Waals surface area contributed by atoms with E-state index in [1.807, 2.05) is 0 Å². The molecule has 1 N–H and O–H groups in total. The lowest BCUT2D eigenvalue weighted by molar-refractivity contribution is -0.186. The Hall–Kier alpha value is -2.75. The molecule has 192 valence electrons. The number of benzene rings is 1. The Morgan fingerprint density at radius 2 is 1.86 bits per heavy atom. The monoisotopic (exact) mass is 495 g/mol. The van der Waals surface area contributed by atoms with Gasteiger partial charge in [-0.3, -0.25) is 14.3 Å². The Kier molecular flexibility index (Phi) is 6.54. The number of fused-ring (bicyclic) bond motifs is 1. The second-order valence-corrected chi connectivity index (χ2v) is 10.9. The molecule has 0 unspecified atom stereocenters. The van der Waals surface area contributed by atoms with E-state index in [9.17, 15) is 22.8 Å². The first kappa shape index (κ1) is 25.3. The number of amides is 1. The maximum atomic E-state index is 12.7. The average molecular weight is 496 g/mol. The van der Waals surface area contributed by atoms with Crippen LogP contribution in [0, 0.1) is 11.3 Å². The molecule has 1 aromatic heterocycles. The van der Waals surface area contributed by atoms with Crippen LogP contribution in [-0.2, 0) is 9.53 Å². The van der Waals surface area contributed by atoms with Crippen LogP contribution in [0.5, 0.6) is 5.75 Å². The normalized spacial score (nSPS) is 18.3. The molecule has 1 amide bonds. The second-order valence-electron chi connectivity index (χ2n) is 10.9. The highest BCUT2D eigenvalue weighted by atomic mass is 19.4. The molecule has 4 rings (SSSR count). The number of likely N-dealkylation sites (tertiary alicyclic amines) is 1. The minimum Gasteiger partial charge on any atom is -0.494 e. The van der Waals surface area contributed by atoms with Gasteiger partial charge in [-0.05, 0) is 69.6 Å². The third-order valence-corrected chi connectivity index (χ3v) is 6.44. The average Bonchev–Trinajstić information content (AvgIpc) is 2.99. The molecule has 7 nitrogen and oxygen atoms in total. The van der Waals surface area contributed by atoms with Gasteiger partial charge in [0.1, 0.15) is 11.4 Å². The van der Waals surface area contributed by atoms with Crippen LogP contribution in [0.2, 0.25) is 0 Å². The molecule has 1 aromatic carbocycles. The summed E-state index contributed by atoms with van der Waals surface area (Å²) in [4.78, 5) is 25.8. The van der Waals surface area contributed by atoms with E-state index in [2.05, 4.69) is 5.32 Å². The highest BCUT2D eigenvalue weighted by Crippen LogP contribution is 2.53. The number of hydrogen-bond acceptors (Lipinski definition) is 5. The van der Waals surface area contributed by atoms with Crippen LogP contribution in [0.4, 0.5) is 23.7 Å². The number of aromatic nitrogens is 1. The van der Waals surface area contributed by atoms with E-state index < -0.39 is 24.4 Å². The summed E-state index contributed by atoms with van der Waals surface area (Å²) >= 11 is 0. The molecule has 35 heavy (non-hydrogen) atoms. The molecule has 0 atom stereocenters. The van der Waals surface area contributed by atoms with E-state index in [1.165, 1.54) is 16.4 Å². The van der Waals surface area contributed by atoms with Crippen LogP contribution < -0.4 is 10.1 Å². The highest BCUT2D eigenvalue weighted by Gasteiger charge is 2.53. The lowest BCUT2D eigenvalue weighted by atomic mass is 9.57. The fourth-order valence-corrected chi connectivity index (χ4v) is 5.29. The first-order chi connectivity index (χ1) is 16.2. The van der Waals surface area contributed by atoms with Crippen LogP contribution in [0.3, 0.4) is 0 Å². The summed E-state index contributed by atoms with van der Waals surface area (Å²) in [6.07, 6.45) is -0.427. The molecule has 1 saturated carbocycles. The van der Waals surface area contributed by atoms with Gasteiger partial charge in [0.25, 0.3) is 0 Å². The third-order valence-electron chi connectivity index (χ3n) is 6.44. The molecule has 1 spiro atoms. The summed E-state index contributed by atoms with van der Waals surface area (Å²) < 4.78 is 50.3. The predicted molar refractivity (Wildman–Crippen MR) is 126 cm³/mol. The molecular formula is C25H32F3N3O4. The quantitative estimate of drug-likeness (QED) is 0.579. The number of ether oxygens (including phenoxy) is 2. The van der Waals surface area contributed by atoms with E-state index in [-0.39, 0.29) is 11.3 Å². The number of nitrogens with zero attached hydrogens (tertiary/aromatic N) is 2. The summed E-state index contributed by atoms with van der Waals surface area (Å²) in [5.41, 5.74) is 0.469. The third kappa shape index (κ3) is 6.09. The molecule has 1 saturated heterocycles. The molecule has 1 aliphatic heterocycles. The van der Waals surface area contributed by atoms with Gasteiger partial charge in [0.2, 0.25) is 5.91 Å². The Labute approximate surface area is 202 Å². The first-order valence-corrected chi connectivity index (χ1v) is 11.8. The fourth-order valence-electron chi connectivity index (χ4n) is 5.29. The lowest BCUT2D eigenvalue weighted by Gasteiger charge is -2.59. The van der Waals surface area contributed by atoms with Gasteiger partial charge in [-0.25, -0.2) is 4.79 Å². The Balaban J connectivity index is 1.34. The van der Waals surface area contributed by atoms with E-state index in [1.54, 1.807) is 45.2 Å². The summed E-state index contributed by atoms with van der Waals surface area (Å²) in [7, 11) is 0. The maximum absolute atomic E-state index is 12.7. The van der Waals surface area contributed by atoms with Crippen LogP contribution >= 0.6 is 0 Å². The fraction of sp³-hybridized carbons (Fsp3) is 0.600. The summed E-state index contributed by atoms with van der Waals surface area (Å²) in [6, 6.07) is 5.30. The standard InChI is InChI=1S/C25H32F3N3O4/c1-16(32)29-20-12-31(22(33)35-23(2,3)4)21-6-5-18(9-19(20)21)34-8-7-17-10-24(11-17)13-30(14-24)15-25(26,27)28/h5-6,9,12,17H,7-8,10-11,13-15H2,1-4H3,(H,29,32). The zero-order chi connectivity index (χ0) is 25.6. The highest BCUT2D eigenvalue weighted by molar-refractivity contribution is 6.04. The van der Waals surface area contributed by atoms with Crippen molar-refractivity contribution in [3.8, 4) is 5.75 Å². The number of rotatable bonds is 6. The molecule has 2 heterocycles. The van der Waals surface area contributed by atoms with Crippen molar-refractivity contribution in [2.45, 2.75) is 58.7 Å². The van der Waals surface area contributed by atoms with Gasteiger partial charge < -0.3 is 14.8 Å². The SMILES string of the molecule is CC(=O)Nc1cn(C(=O)OC(C)(C)C)c2ccc(OCCC3CC4(C3)CN(CC(F)(F)F)C4)cc12. The number of anilines is 1. The molecule has 0 bridgehead atoms. The zero-order valence-corrected chi connectivity index (χ0v) is 20.5. The second kappa shape index (κ2) is 9.04. The minimum atomic E-state index is -4.13. The number of carbonyl (C=O) groups excluding carboxylic acids is 2. The maximum Gasteiger partial charge on any atom is 0.419 e. The Morgan fingerprint density at radius 3 is 2.46 bits per heavy atom. The molecule has 2 aromatic rings. The van der Waals surface area contributed by atoms with Crippen LogP contribution in [0.1, 0.15) is 47.0 Å². The molecule has 2 fully saturated rings. The van der Waals surface area contributed by atoms with E-state index >= 15 is 0 Å². The van der Waals surface area contributed by atoms with E-state index in [0.29, 0.717) is 48.0 Å². The van der Waals surface area contributed by atoms with Crippen LogP contribution in [0.15, 0.2) is 24.4 Å². The van der Waals surface area contributed by atoms with Crippen molar-refractivity contribution < 1.29 is 32.2 Å². The minimum absolute atomic E-state index is 0.0622. The number of nitrogens with one attached hydrogen (secondary N) is 1. The van der Waals surface area contributed by atoms with Crippen molar-refractivity contribution in [1.82, 2.24) is 9.47 Å². The molecule has 0 radical (unpaired) electrons. The van der Waals surface area contributed by atoms with Crippen molar-refractivity contribution in [3.05, 3.63) is 24.4 Å². The molecule has 10 heteroatoms. The molecule has 1 aliphatic carbocycles. The number of halogens is 3. The van der Waals surface area contributed by atoms with E-state index in [0.717, 1.165) is 19.3 Å². The van der Waals surface area contributed by atoms with Crippen molar-refractivity contribution in [2.24, 2.45) is 11.3 Å². The summed E-state index contributed by atoms with van der Waals surface area (Å²) in [6.45, 7) is 7.47. The van der Waals surface area contributed by atoms with Crippen LogP contribution in [0.25, 0.3) is 10.9 Å². The van der Waals surface area contributed by atoms with Gasteiger partial charge in [0.05, 0.1) is 24.4 Å². The van der Waals surface area contributed by atoms with Gasteiger partial charge in [-0.1, -0.05) is 0 Å². The van der Waals surface area contributed by atoms with Gasteiger partial charge in [-0.2, -0.15) is 13.2 Å². The number of alkyl halides is 3. The van der Waals surface area contributed by atoms with Crippen LogP contribution in [-0.4, -0.2) is 59.5 Å². The van der Waals surface area contributed by atoms with E-state index in [4.69, 9.17) is 9.47 Å².